The van der Waals surface area contributed by atoms with Gasteiger partial charge in [-0.3, -0.25) is 4.79 Å². The first-order valence-corrected chi connectivity index (χ1v) is 10.6. The van der Waals surface area contributed by atoms with Crippen molar-refractivity contribution in [3.63, 3.8) is 0 Å². The van der Waals surface area contributed by atoms with E-state index >= 15 is 0 Å². The molecule has 0 atom stereocenters. The zero-order valence-electron chi connectivity index (χ0n) is 18.2. The standard InChI is InChI=1S/C24H27N3O5/c1-24(2,23(29)30)32-18-10-8-16(9-11-18)15-27-21(28)20-7-4-12-26-22(20)31-19-6-3-5-17(13-19)14-25/h3-7,12-13,16,18H,8-11,15H2,1-2H3,(H,27,28)(H,29,30). The zero-order chi connectivity index (χ0) is 23.1. The first kappa shape index (κ1) is 23.2. The second-order valence-electron chi connectivity index (χ2n) is 8.38. The summed E-state index contributed by atoms with van der Waals surface area (Å²) in [6.45, 7) is 3.63. The number of hydrogen-bond acceptors (Lipinski definition) is 6. The number of carboxylic acids is 1. The van der Waals surface area contributed by atoms with Crippen LogP contribution in [0.25, 0.3) is 0 Å². The predicted molar refractivity (Wildman–Crippen MR) is 116 cm³/mol. The van der Waals surface area contributed by atoms with Crippen molar-refractivity contribution in [3.8, 4) is 17.7 Å². The van der Waals surface area contributed by atoms with Gasteiger partial charge in [-0.1, -0.05) is 6.07 Å². The number of rotatable bonds is 8. The smallest absolute Gasteiger partial charge is 0.335 e. The topological polar surface area (TPSA) is 122 Å². The summed E-state index contributed by atoms with van der Waals surface area (Å²) in [6, 6.07) is 12.0. The molecule has 0 unspecified atom stereocenters. The molecule has 2 aromatic rings. The minimum atomic E-state index is -1.20. The Balaban J connectivity index is 1.54. The lowest BCUT2D eigenvalue weighted by atomic mass is 9.87. The molecule has 0 spiro atoms. The number of nitrogens with zero attached hydrogens (tertiary/aromatic N) is 2. The first-order chi connectivity index (χ1) is 15.3. The van der Waals surface area contributed by atoms with Gasteiger partial charge in [0.2, 0.25) is 5.88 Å². The minimum absolute atomic E-state index is 0.0875. The van der Waals surface area contributed by atoms with Crippen LogP contribution in [-0.4, -0.2) is 40.2 Å². The number of pyridine rings is 1. The van der Waals surface area contributed by atoms with Crippen LogP contribution in [-0.2, 0) is 9.53 Å². The molecular weight excluding hydrogens is 410 g/mol. The Kier molecular flexibility index (Phi) is 7.44. The molecule has 2 N–H and O–H groups in total. The van der Waals surface area contributed by atoms with E-state index in [1.165, 1.54) is 0 Å². The lowest BCUT2D eigenvalue weighted by molar-refractivity contribution is -0.170. The fourth-order valence-electron chi connectivity index (χ4n) is 3.64. The van der Waals surface area contributed by atoms with Gasteiger partial charge in [-0.05, 0) is 75.8 Å². The normalized spacial score (nSPS) is 18.4. The van der Waals surface area contributed by atoms with Crippen molar-refractivity contribution < 1.29 is 24.2 Å². The third kappa shape index (κ3) is 6.05. The Morgan fingerprint density at radius 1 is 1.22 bits per heavy atom. The molecule has 1 saturated carbocycles. The van der Waals surface area contributed by atoms with E-state index in [0.717, 1.165) is 25.7 Å². The summed E-state index contributed by atoms with van der Waals surface area (Å²) in [5.74, 6) is -0.358. The number of nitrogens with one attached hydrogen (secondary N) is 1. The first-order valence-electron chi connectivity index (χ1n) is 10.6. The Morgan fingerprint density at radius 3 is 2.66 bits per heavy atom. The van der Waals surface area contributed by atoms with Crippen molar-refractivity contribution in [2.45, 2.75) is 51.2 Å². The third-order valence-corrected chi connectivity index (χ3v) is 5.51. The highest BCUT2D eigenvalue weighted by Crippen LogP contribution is 2.29. The van der Waals surface area contributed by atoms with Crippen LogP contribution in [0.3, 0.4) is 0 Å². The fourth-order valence-corrected chi connectivity index (χ4v) is 3.64. The van der Waals surface area contributed by atoms with Crippen LogP contribution in [0.15, 0.2) is 42.6 Å². The van der Waals surface area contributed by atoms with Crippen molar-refractivity contribution in [1.29, 1.82) is 5.26 Å². The fraction of sp³-hybridized carbons (Fsp3) is 0.417. The van der Waals surface area contributed by atoms with Crippen LogP contribution >= 0.6 is 0 Å². The van der Waals surface area contributed by atoms with Crippen molar-refractivity contribution in [1.82, 2.24) is 10.3 Å². The Morgan fingerprint density at radius 2 is 1.97 bits per heavy atom. The Labute approximate surface area is 187 Å². The predicted octanol–water partition coefficient (Wildman–Crippen LogP) is 3.91. The molecule has 0 aliphatic heterocycles. The number of carbonyl (C=O) groups excluding carboxylic acids is 1. The van der Waals surface area contributed by atoms with E-state index in [1.807, 2.05) is 0 Å². The minimum Gasteiger partial charge on any atom is -0.479 e. The van der Waals surface area contributed by atoms with Gasteiger partial charge in [-0.2, -0.15) is 5.26 Å². The van der Waals surface area contributed by atoms with Gasteiger partial charge in [0.25, 0.3) is 5.91 Å². The van der Waals surface area contributed by atoms with Gasteiger partial charge in [0.1, 0.15) is 11.3 Å². The summed E-state index contributed by atoms with van der Waals surface area (Å²) in [5.41, 5.74) is -0.430. The molecule has 0 radical (unpaired) electrons. The van der Waals surface area contributed by atoms with Crippen molar-refractivity contribution in [2.75, 3.05) is 6.54 Å². The van der Waals surface area contributed by atoms with Gasteiger partial charge in [0.05, 0.1) is 17.7 Å². The molecule has 168 valence electrons. The number of aromatic nitrogens is 1. The van der Waals surface area contributed by atoms with E-state index in [4.69, 9.17) is 14.7 Å². The maximum atomic E-state index is 12.8. The van der Waals surface area contributed by atoms with Crippen LogP contribution in [0.2, 0.25) is 0 Å². The van der Waals surface area contributed by atoms with Gasteiger partial charge in [-0.25, -0.2) is 9.78 Å². The quantitative estimate of drug-likeness (QED) is 0.642. The number of amides is 1. The molecule has 1 heterocycles. The average Bonchev–Trinajstić information content (AvgIpc) is 2.78. The van der Waals surface area contributed by atoms with E-state index in [1.54, 1.807) is 56.4 Å². The molecule has 3 rings (SSSR count). The lowest BCUT2D eigenvalue weighted by Gasteiger charge is -2.33. The molecular formula is C24H27N3O5. The van der Waals surface area contributed by atoms with Crippen LogP contribution in [0.1, 0.15) is 55.5 Å². The van der Waals surface area contributed by atoms with E-state index in [0.29, 0.717) is 29.3 Å². The molecule has 8 heteroatoms. The lowest BCUT2D eigenvalue weighted by Crippen LogP contribution is -2.40. The van der Waals surface area contributed by atoms with Gasteiger partial charge < -0.3 is 19.9 Å². The molecule has 0 saturated heterocycles. The molecule has 8 nitrogen and oxygen atoms in total. The van der Waals surface area contributed by atoms with E-state index in [2.05, 4.69) is 16.4 Å². The molecule has 1 aliphatic rings. The highest BCUT2D eigenvalue weighted by molar-refractivity contribution is 5.96. The number of carboxylic acid groups (broad SMARTS) is 1. The van der Waals surface area contributed by atoms with Gasteiger partial charge >= 0.3 is 5.97 Å². The zero-order valence-corrected chi connectivity index (χ0v) is 18.2. The maximum absolute atomic E-state index is 12.8. The van der Waals surface area contributed by atoms with E-state index < -0.39 is 11.6 Å². The number of ether oxygens (including phenoxy) is 2. The Hall–Kier alpha value is -3.44. The van der Waals surface area contributed by atoms with Crippen LogP contribution in [0.4, 0.5) is 0 Å². The Bertz CT molecular complexity index is 1010. The van der Waals surface area contributed by atoms with Gasteiger partial charge in [-0.15, -0.1) is 0 Å². The van der Waals surface area contributed by atoms with Crippen LogP contribution in [0, 0.1) is 17.2 Å². The second-order valence-corrected chi connectivity index (χ2v) is 8.38. The molecule has 1 aromatic carbocycles. The van der Waals surface area contributed by atoms with Crippen molar-refractivity contribution in [2.24, 2.45) is 5.92 Å². The van der Waals surface area contributed by atoms with E-state index in [-0.39, 0.29) is 17.9 Å². The van der Waals surface area contributed by atoms with Crippen LogP contribution < -0.4 is 10.1 Å². The van der Waals surface area contributed by atoms with Gasteiger partial charge in [0, 0.05) is 12.7 Å². The summed E-state index contributed by atoms with van der Waals surface area (Å²) >= 11 is 0. The number of benzene rings is 1. The maximum Gasteiger partial charge on any atom is 0.335 e. The number of carbonyl (C=O) groups is 2. The second kappa shape index (κ2) is 10.2. The highest BCUT2D eigenvalue weighted by atomic mass is 16.5. The molecule has 1 aliphatic carbocycles. The highest BCUT2D eigenvalue weighted by Gasteiger charge is 2.33. The summed E-state index contributed by atoms with van der Waals surface area (Å²) in [4.78, 5) is 28.2. The van der Waals surface area contributed by atoms with Gasteiger partial charge in [0.15, 0.2) is 5.60 Å². The number of nitriles is 1. The summed E-state index contributed by atoms with van der Waals surface area (Å²) in [6.07, 6.45) is 4.66. The molecule has 0 bridgehead atoms. The molecule has 32 heavy (non-hydrogen) atoms. The van der Waals surface area contributed by atoms with Crippen LogP contribution in [0.5, 0.6) is 11.6 Å². The average molecular weight is 437 g/mol. The third-order valence-electron chi connectivity index (χ3n) is 5.51. The molecule has 1 fully saturated rings. The summed E-state index contributed by atoms with van der Waals surface area (Å²) < 4.78 is 11.5. The van der Waals surface area contributed by atoms with E-state index in [9.17, 15) is 14.7 Å². The number of hydrogen-bond donors (Lipinski definition) is 2. The van der Waals surface area contributed by atoms with Crippen molar-refractivity contribution >= 4 is 11.9 Å². The summed E-state index contributed by atoms with van der Waals surface area (Å²) in [5, 5.41) is 21.2. The molecule has 1 amide bonds. The van der Waals surface area contributed by atoms with Crippen molar-refractivity contribution in [3.05, 3.63) is 53.7 Å². The SMILES string of the molecule is CC(C)(OC1CCC(CNC(=O)c2cccnc2Oc2cccc(C#N)c2)CC1)C(=O)O. The molecule has 1 aromatic heterocycles. The largest absolute Gasteiger partial charge is 0.479 e. The monoisotopic (exact) mass is 437 g/mol. The summed E-state index contributed by atoms with van der Waals surface area (Å²) in [7, 11) is 0. The number of aliphatic carboxylic acids is 1.